The Morgan fingerprint density at radius 2 is 2.03 bits per heavy atom. The molecule has 1 amide bonds. The van der Waals surface area contributed by atoms with Crippen molar-refractivity contribution in [3.8, 4) is 5.75 Å². The van der Waals surface area contributed by atoms with Gasteiger partial charge < -0.3 is 24.1 Å². The molecule has 33 heavy (non-hydrogen) atoms. The van der Waals surface area contributed by atoms with Crippen LogP contribution in [0.3, 0.4) is 0 Å². The number of carbonyl (C=O) groups excluding carboxylic acids is 1. The molecule has 1 aromatic carbocycles. The number of rotatable bonds is 8. The van der Waals surface area contributed by atoms with Gasteiger partial charge >= 0.3 is 0 Å². The molecule has 3 aliphatic rings. The fourth-order valence-electron chi connectivity index (χ4n) is 5.00. The summed E-state index contributed by atoms with van der Waals surface area (Å²) in [7, 11) is 1.63. The highest BCUT2D eigenvalue weighted by Crippen LogP contribution is 2.52. The van der Waals surface area contributed by atoms with Crippen molar-refractivity contribution in [3.05, 3.63) is 35.0 Å². The summed E-state index contributed by atoms with van der Waals surface area (Å²) in [5.74, 6) is 0.777. The lowest BCUT2D eigenvalue weighted by Gasteiger charge is -2.45. The van der Waals surface area contributed by atoms with Crippen LogP contribution in [0.5, 0.6) is 5.75 Å². The van der Waals surface area contributed by atoms with E-state index in [4.69, 9.17) is 13.9 Å². The number of hydrogen-bond donors (Lipinski definition) is 1. The zero-order chi connectivity index (χ0) is 23.3. The molecular weight excluding hydrogens is 432 g/mol. The van der Waals surface area contributed by atoms with Crippen molar-refractivity contribution in [2.75, 3.05) is 37.1 Å². The number of oxazole rings is 1. The quantitative estimate of drug-likeness (QED) is 0.632. The molecule has 5 rings (SSSR count). The number of anilines is 2. The van der Waals surface area contributed by atoms with Crippen molar-refractivity contribution in [3.63, 3.8) is 0 Å². The molecule has 178 valence electrons. The number of ether oxygens (including phenoxy) is 2. The summed E-state index contributed by atoms with van der Waals surface area (Å²) < 4.78 is 44.9. The molecule has 7 nitrogen and oxygen atoms in total. The maximum Gasteiger partial charge on any atom is 0.298 e. The van der Waals surface area contributed by atoms with Gasteiger partial charge in [0, 0.05) is 25.3 Å². The van der Waals surface area contributed by atoms with Crippen LogP contribution in [0.1, 0.15) is 48.0 Å². The number of fused-ring (bicyclic) bond motifs is 1. The topological polar surface area (TPSA) is 76.8 Å². The maximum absolute atomic E-state index is 14.8. The number of aromatic nitrogens is 1. The van der Waals surface area contributed by atoms with Gasteiger partial charge in [0.25, 0.3) is 11.9 Å². The van der Waals surface area contributed by atoms with Crippen LogP contribution in [0.4, 0.5) is 20.5 Å². The predicted molar refractivity (Wildman–Crippen MR) is 118 cm³/mol. The van der Waals surface area contributed by atoms with Gasteiger partial charge in [-0.3, -0.25) is 9.18 Å². The van der Waals surface area contributed by atoms with E-state index in [-0.39, 0.29) is 47.0 Å². The minimum atomic E-state index is -0.687. The first-order valence-corrected chi connectivity index (χ1v) is 11.4. The summed E-state index contributed by atoms with van der Waals surface area (Å²) in [6, 6.07) is 3.16. The largest absolute Gasteiger partial charge is 0.487 e. The Hall–Kier alpha value is -2.68. The first-order valence-electron chi connectivity index (χ1n) is 11.4. The molecule has 1 aromatic heterocycles. The lowest BCUT2D eigenvalue weighted by atomic mass is 9.97. The summed E-state index contributed by atoms with van der Waals surface area (Å²) in [5.41, 5.74) is 0.574. The summed E-state index contributed by atoms with van der Waals surface area (Å²) in [4.78, 5) is 19.0. The standard InChI is InChI=1S/C24H29F2N3O4/c1-13-6-16(10-18(26)21(13)32-17-8-14-7-15(14)9-17)27-22(30)20-19(4-5-25)33-23(28-20)29-11-24(2,12-29)31-3/h6,10,14-15,17H,4-5,7-9,11-12H2,1-3H3,(H,27,30). The minimum absolute atomic E-state index is 0.00256. The summed E-state index contributed by atoms with van der Waals surface area (Å²) >= 11 is 0. The molecule has 1 aliphatic heterocycles. The first kappa shape index (κ1) is 22.1. The van der Waals surface area contributed by atoms with Crippen LogP contribution in [0.15, 0.2) is 16.5 Å². The molecule has 2 unspecified atom stereocenters. The van der Waals surface area contributed by atoms with Crippen LogP contribution in [-0.2, 0) is 11.2 Å². The third-order valence-corrected chi connectivity index (χ3v) is 7.01. The second-order valence-corrected chi connectivity index (χ2v) is 9.74. The van der Waals surface area contributed by atoms with Crippen molar-refractivity contribution in [1.29, 1.82) is 0 Å². The number of benzene rings is 1. The zero-order valence-electron chi connectivity index (χ0n) is 19.1. The van der Waals surface area contributed by atoms with E-state index in [9.17, 15) is 13.6 Å². The van der Waals surface area contributed by atoms with E-state index in [1.165, 1.54) is 12.5 Å². The normalized spacial score (nSPS) is 24.9. The fourth-order valence-corrected chi connectivity index (χ4v) is 5.00. The second kappa shape index (κ2) is 8.27. The number of nitrogens with zero attached hydrogens (tertiary/aromatic N) is 2. The van der Waals surface area contributed by atoms with Crippen LogP contribution in [0.25, 0.3) is 0 Å². The molecule has 2 saturated carbocycles. The molecule has 1 saturated heterocycles. The number of aryl methyl sites for hydroxylation is 2. The van der Waals surface area contributed by atoms with Crippen LogP contribution < -0.4 is 15.0 Å². The van der Waals surface area contributed by atoms with Gasteiger partial charge in [-0.05, 0) is 56.6 Å². The van der Waals surface area contributed by atoms with Gasteiger partial charge in [0.1, 0.15) is 11.4 Å². The molecule has 2 atom stereocenters. The van der Waals surface area contributed by atoms with Crippen LogP contribution in [0.2, 0.25) is 0 Å². The van der Waals surface area contributed by atoms with E-state index < -0.39 is 18.4 Å². The minimum Gasteiger partial charge on any atom is -0.487 e. The van der Waals surface area contributed by atoms with E-state index in [0.717, 1.165) is 24.7 Å². The lowest BCUT2D eigenvalue weighted by Crippen LogP contribution is -2.61. The van der Waals surface area contributed by atoms with Crippen molar-refractivity contribution >= 4 is 17.6 Å². The Labute approximate surface area is 191 Å². The zero-order valence-corrected chi connectivity index (χ0v) is 19.1. The monoisotopic (exact) mass is 461 g/mol. The fraction of sp³-hybridized carbons (Fsp3) is 0.583. The third-order valence-electron chi connectivity index (χ3n) is 7.01. The summed E-state index contributed by atoms with van der Waals surface area (Å²) in [6.07, 6.45) is 3.21. The van der Waals surface area contributed by atoms with Gasteiger partial charge in [-0.15, -0.1) is 0 Å². The van der Waals surface area contributed by atoms with Gasteiger partial charge in [0.05, 0.1) is 25.9 Å². The van der Waals surface area contributed by atoms with Crippen molar-refractivity contribution in [1.82, 2.24) is 4.98 Å². The van der Waals surface area contributed by atoms with Crippen LogP contribution in [0, 0.1) is 24.6 Å². The van der Waals surface area contributed by atoms with Crippen molar-refractivity contribution in [2.45, 2.75) is 51.2 Å². The Kier molecular flexibility index (Phi) is 5.55. The smallest absolute Gasteiger partial charge is 0.298 e. The van der Waals surface area contributed by atoms with Crippen LogP contribution in [-0.4, -0.2) is 49.5 Å². The van der Waals surface area contributed by atoms with Crippen molar-refractivity contribution in [2.24, 2.45) is 11.8 Å². The Bertz CT molecular complexity index is 1030. The van der Waals surface area contributed by atoms with E-state index in [1.54, 1.807) is 20.1 Å². The average molecular weight is 462 g/mol. The van der Waals surface area contributed by atoms with Crippen molar-refractivity contribution < 1.29 is 27.5 Å². The van der Waals surface area contributed by atoms with Gasteiger partial charge in [0.15, 0.2) is 17.3 Å². The van der Waals surface area contributed by atoms with Gasteiger partial charge in [0.2, 0.25) is 0 Å². The Balaban J connectivity index is 1.29. The van der Waals surface area contributed by atoms with Gasteiger partial charge in [-0.1, -0.05) is 0 Å². The number of carbonyl (C=O) groups is 1. The maximum atomic E-state index is 14.8. The number of methoxy groups -OCH3 is 1. The number of amides is 1. The Morgan fingerprint density at radius 3 is 2.67 bits per heavy atom. The SMILES string of the molecule is COC1(C)CN(c2nc(C(=O)Nc3cc(C)c(OC4CC5CC5C4)c(F)c3)c(CCF)o2)C1. The molecule has 9 heteroatoms. The highest BCUT2D eigenvalue weighted by molar-refractivity contribution is 6.03. The number of nitrogens with one attached hydrogen (secondary N) is 1. The van der Waals surface area contributed by atoms with Gasteiger partial charge in [-0.2, -0.15) is 4.98 Å². The number of alkyl halides is 1. The average Bonchev–Trinajstić information content (AvgIpc) is 3.16. The van der Waals surface area contributed by atoms with E-state index in [1.807, 2.05) is 11.8 Å². The lowest BCUT2D eigenvalue weighted by molar-refractivity contribution is -0.0191. The van der Waals surface area contributed by atoms with Gasteiger partial charge in [-0.25, -0.2) is 4.39 Å². The number of halogens is 2. The second-order valence-electron chi connectivity index (χ2n) is 9.74. The van der Waals surface area contributed by atoms with Crippen LogP contribution >= 0.6 is 0 Å². The Morgan fingerprint density at radius 1 is 1.30 bits per heavy atom. The first-order chi connectivity index (χ1) is 15.8. The third kappa shape index (κ3) is 4.30. The number of hydrogen-bond acceptors (Lipinski definition) is 6. The molecule has 2 aromatic rings. The van der Waals surface area contributed by atoms with E-state index in [2.05, 4.69) is 10.3 Å². The molecular formula is C24H29F2N3O4. The molecule has 2 aliphatic carbocycles. The highest BCUT2D eigenvalue weighted by Gasteiger charge is 2.47. The predicted octanol–water partition coefficient (Wildman–Crippen LogP) is 4.29. The van der Waals surface area contributed by atoms with E-state index in [0.29, 0.717) is 18.7 Å². The molecule has 0 spiro atoms. The summed E-state index contributed by atoms with van der Waals surface area (Å²) in [5, 5.41) is 2.67. The highest BCUT2D eigenvalue weighted by atomic mass is 19.1. The summed E-state index contributed by atoms with van der Waals surface area (Å²) in [6.45, 7) is 4.13. The molecule has 2 heterocycles. The molecule has 0 bridgehead atoms. The molecule has 3 fully saturated rings. The molecule has 1 N–H and O–H groups in total. The van der Waals surface area contributed by atoms with E-state index >= 15 is 0 Å². The molecule has 0 radical (unpaired) electrons.